The molecule has 0 N–H and O–H groups in total. The van der Waals surface area contributed by atoms with Crippen molar-refractivity contribution in [1.29, 1.82) is 0 Å². The van der Waals surface area contributed by atoms with Gasteiger partial charge in [0.05, 0.1) is 0 Å². The first-order valence-corrected chi connectivity index (χ1v) is 18.3. The molecule has 2 nitrogen and oxygen atoms in total. The summed E-state index contributed by atoms with van der Waals surface area (Å²) in [4.78, 5) is 0. The van der Waals surface area contributed by atoms with Crippen LogP contribution in [-0.4, -0.2) is 21.8 Å². The Morgan fingerprint density at radius 1 is 0.667 bits per heavy atom. The van der Waals surface area contributed by atoms with E-state index >= 15 is 0 Å². The average Bonchev–Trinajstić information content (AvgIpc) is 2.88. The molecule has 0 spiro atoms. The van der Waals surface area contributed by atoms with Crippen LogP contribution >= 0.6 is 11.6 Å². The van der Waals surface area contributed by atoms with Gasteiger partial charge in [0.2, 0.25) is 0 Å². The third-order valence-electron chi connectivity index (χ3n) is 7.57. The molecule has 0 radical (unpaired) electrons. The van der Waals surface area contributed by atoms with Gasteiger partial charge in [0.25, 0.3) is 0 Å². The normalized spacial score (nSPS) is 12.8. The summed E-state index contributed by atoms with van der Waals surface area (Å²) in [6.07, 6.45) is 22.5. The second-order valence-corrected chi connectivity index (χ2v) is 14.3. The molecule has 0 saturated carbocycles. The lowest BCUT2D eigenvalue weighted by atomic mass is 9.98. The van der Waals surface area contributed by atoms with Crippen LogP contribution in [0.1, 0.15) is 147 Å². The van der Waals surface area contributed by atoms with Gasteiger partial charge >= 0.3 is 8.56 Å². The smallest absolute Gasteiger partial charge is 0.338 e. The van der Waals surface area contributed by atoms with E-state index in [0.29, 0.717) is 11.8 Å². The molecule has 1 unspecified atom stereocenters. The van der Waals surface area contributed by atoms with Crippen molar-refractivity contribution in [3.8, 4) is 0 Å². The van der Waals surface area contributed by atoms with E-state index in [1.54, 1.807) is 0 Å². The third kappa shape index (κ3) is 15.2. The Balaban J connectivity index is 2.24. The maximum atomic E-state index is 6.44. The quantitative estimate of drug-likeness (QED) is 0.0699. The molecule has 0 aliphatic carbocycles. The van der Waals surface area contributed by atoms with Crippen LogP contribution in [0.4, 0.5) is 0 Å². The monoisotopic (exact) mass is 538 g/mol. The standard InChI is InChI=1S/C32H59ClO2Si/c1-5-8-9-10-11-12-13-14-15-16-17-18-19-20-21-24-27-36(34-6-2,35-7-3)29-30(4)32-26-23-22-25-31(32)28-33/h22-23,25-26,30H,5-21,24,27-29H2,1-4H3. The highest BCUT2D eigenvalue weighted by atomic mass is 35.5. The van der Waals surface area contributed by atoms with Crippen molar-refractivity contribution >= 4 is 20.2 Å². The van der Waals surface area contributed by atoms with E-state index in [0.717, 1.165) is 25.3 Å². The lowest BCUT2D eigenvalue weighted by molar-refractivity contribution is 0.179. The molecule has 0 saturated heterocycles. The SMILES string of the molecule is CCCCCCCCCCCCCCCCCC[Si](CC(C)c1ccccc1CCl)(OCC)OCC. The topological polar surface area (TPSA) is 18.5 Å². The third-order valence-corrected chi connectivity index (χ3v) is 11.8. The van der Waals surface area contributed by atoms with Gasteiger partial charge in [-0.25, -0.2) is 0 Å². The summed E-state index contributed by atoms with van der Waals surface area (Å²) >= 11 is 6.23. The van der Waals surface area contributed by atoms with Crippen LogP contribution in [-0.2, 0) is 14.7 Å². The Bertz CT molecular complexity index is 618. The molecule has 0 aromatic heterocycles. The van der Waals surface area contributed by atoms with Crippen LogP contribution in [0.3, 0.4) is 0 Å². The van der Waals surface area contributed by atoms with Crippen molar-refractivity contribution < 1.29 is 8.85 Å². The summed E-state index contributed by atoms with van der Waals surface area (Å²) in [5, 5.41) is 0. The molecule has 0 heterocycles. The highest BCUT2D eigenvalue weighted by Crippen LogP contribution is 2.34. The molecule has 1 atom stereocenters. The van der Waals surface area contributed by atoms with Crippen LogP contribution in [0.2, 0.25) is 12.1 Å². The van der Waals surface area contributed by atoms with E-state index in [1.165, 1.54) is 114 Å². The van der Waals surface area contributed by atoms with E-state index in [2.05, 4.69) is 52.0 Å². The van der Waals surface area contributed by atoms with Gasteiger partial charge in [-0.1, -0.05) is 141 Å². The predicted molar refractivity (Wildman–Crippen MR) is 163 cm³/mol. The summed E-state index contributed by atoms with van der Waals surface area (Å²) < 4.78 is 12.9. The average molecular weight is 539 g/mol. The Morgan fingerprint density at radius 3 is 1.56 bits per heavy atom. The first kappa shape index (κ1) is 33.7. The molecule has 0 aliphatic rings. The van der Waals surface area contributed by atoms with E-state index in [4.69, 9.17) is 20.5 Å². The van der Waals surface area contributed by atoms with Crippen LogP contribution in [0, 0.1) is 0 Å². The minimum Gasteiger partial charge on any atom is -0.394 e. The van der Waals surface area contributed by atoms with Gasteiger partial charge in [-0.05, 0) is 43.0 Å². The fraction of sp³-hybridized carbons (Fsp3) is 0.812. The van der Waals surface area contributed by atoms with Crippen molar-refractivity contribution in [2.24, 2.45) is 0 Å². The number of rotatable bonds is 25. The molecule has 210 valence electrons. The summed E-state index contributed by atoms with van der Waals surface area (Å²) in [7, 11) is -2.23. The maximum absolute atomic E-state index is 6.44. The van der Waals surface area contributed by atoms with Gasteiger partial charge < -0.3 is 8.85 Å². The van der Waals surface area contributed by atoms with Gasteiger partial charge in [0, 0.05) is 19.1 Å². The Kier molecular flexibility index (Phi) is 21.2. The molecule has 36 heavy (non-hydrogen) atoms. The molecule has 0 aliphatic heterocycles. The molecule has 0 bridgehead atoms. The van der Waals surface area contributed by atoms with Gasteiger partial charge in [-0.2, -0.15) is 0 Å². The molecule has 0 amide bonds. The molecular formula is C32H59ClO2Si. The first-order chi connectivity index (χ1) is 17.6. The van der Waals surface area contributed by atoms with E-state index in [-0.39, 0.29) is 0 Å². The lowest BCUT2D eigenvalue weighted by Crippen LogP contribution is -2.43. The molecular weight excluding hydrogens is 480 g/mol. The van der Waals surface area contributed by atoms with Crippen LogP contribution in [0.5, 0.6) is 0 Å². The number of alkyl halides is 1. The second kappa shape index (κ2) is 22.6. The van der Waals surface area contributed by atoms with Crippen LogP contribution in [0.25, 0.3) is 0 Å². The Morgan fingerprint density at radius 2 is 1.11 bits per heavy atom. The largest absolute Gasteiger partial charge is 0.394 e. The van der Waals surface area contributed by atoms with Crippen molar-refractivity contribution in [1.82, 2.24) is 0 Å². The second-order valence-electron chi connectivity index (χ2n) is 10.8. The zero-order valence-electron chi connectivity index (χ0n) is 24.4. The summed E-state index contributed by atoms with van der Waals surface area (Å²) in [6, 6.07) is 10.7. The van der Waals surface area contributed by atoms with E-state index in [1.807, 2.05) is 0 Å². The molecule has 1 aromatic carbocycles. The van der Waals surface area contributed by atoms with Crippen molar-refractivity contribution in [3.63, 3.8) is 0 Å². The minimum absolute atomic E-state index is 0.408. The lowest BCUT2D eigenvalue weighted by Gasteiger charge is -2.33. The number of unbranched alkanes of at least 4 members (excludes halogenated alkanes) is 15. The molecule has 1 rings (SSSR count). The highest BCUT2D eigenvalue weighted by Gasteiger charge is 2.38. The maximum Gasteiger partial charge on any atom is 0.338 e. The number of benzene rings is 1. The zero-order chi connectivity index (χ0) is 26.3. The summed E-state index contributed by atoms with van der Waals surface area (Å²) in [5.74, 6) is 0.975. The number of halogens is 1. The Hall–Kier alpha value is -0.353. The van der Waals surface area contributed by atoms with Gasteiger partial charge in [0.15, 0.2) is 0 Å². The predicted octanol–water partition coefficient (Wildman–Crippen LogP) is 11.3. The Labute approximate surface area is 231 Å². The molecule has 0 fully saturated rings. The van der Waals surface area contributed by atoms with Crippen molar-refractivity contribution in [2.45, 2.75) is 154 Å². The van der Waals surface area contributed by atoms with Crippen LogP contribution < -0.4 is 0 Å². The van der Waals surface area contributed by atoms with Crippen molar-refractivity contribution in [3.05, 3.63) is 35.4 Å². The van der Waals surface area contributed by atoms with Gasteiger partial charge in [0.1, 0.15) is 0 Å². The van der Waals surface area contributed by atoms with E-state index < -0.39 is 8.56 Å². The van der Waals surface area contributed by atoms with E-state index in [9.17, 15) is 0 Å². The first-order valence-electron chi connectivity index (χ1n) is 15.5. The molecule has 1 aromatic rings. The number of hydrogen-bond donors (Lipinski definition) is 0. The molecule has 4 heteroatoms. The summed E-state index contributed by atoms with van der Waals surface area (Å²) in [5.41, 5.74) is 2.60. The fourth-order valence-electron chi connectivity index (χ4n) is 5.59. The van der Waals surface area contributed by atoms with Gasteiger partial charge in [-0.15, -0.1) is 11.6 Å². The van der Waals surface area contributed by atoms with Crippen LogP contribution in [0.15, 0.2) is 24.3 Å². The number of hydrogen-bond acceptors (Lipinski definition) is 2. The zero-order valence-corrected chi connectivity index (χ0v) is 26.2. The minimum atomic E-state index is -2.23. The fourth-order valence-corrected chi connectivity index (χ4v) is 9.64. The summed E-state index contributed by atoms with van der Waals surface area (Å²) in [6.45, 7) is 10.3. The van der Waals surface area contributed by atoms with Crippen molar-refractivity contribution in [2.75, 3.05) is 13.2 Å². The van der Waals surface area contributed by atoms with Gasteiger partial charge in [-0.3, -0.25) is 0 Å². The highest BCUT2D eigenvalue weighted by molar-refractivity contribution is 6.67.